The van der Waals surface area contributed by atoms with E-state index in [1.165, 1.54) is 4.31 Å². The predicted molar refractivity (Wildman–Crippen MR) is 82.7 cm³/mol. The Morgan fingerprint density at radius 2 is 1.70 bits per heavy atom. The van der Waals surface area contributed by atoms with Gasteiger partial charge in [0.15, 0.2) is 5.76 Å². The van der Waals surface area contributed by atoms with Crippen molar-refractivity contribution in [3.8, 4) is 0 Å². The molecule has 3 rings (SSSR count). The first-order valence-electron chi connectivity index (χ1n) is 7.36. The lowest BCUT2D eigenvalue weighted by Crippen LogP contribution is -2.49. The van der Waals surface area contributed by atoms with Gasteiger partial charge in [-0.3, -0.25) is 0 Å². The molecule has 1 aliphatic rings. The van der Waals surface area contributed by atoms with Crippen LogP contribution < -0.4 is 4.90 Å². The molecule has 0 atom stereocenters. The van der Waals surface area contributed by atoms with Crippen LogP contribution in [0.4, 0.5) is 5.95 Å². The minimum Gasteiger partial charge on any atom is -0.360 e. The van der Waals surface area contributed by atoms with Gasteiger partial charge in [-0.2, -0.15) is 4.31 Å². The molecule has 0 radical (unpaired) electrons. The highest BCUT2D eigenvalue weighted by atomic mass is 32.2. The second kappa shape index (κ2) is 5.60. The van der Waals surface area contributed by atoms with Gasteiger partial charge in [0, 0.05) is 33.2 Å². The Bertz CT molecular complexity index is 797. The molecule has 10 heteroatoms. The summed E-state index contributed by atoms with van der Waals surface area (Å²) in [5.41, 5.74) is 0.397. The zero-order chi connectivity index (χ0) is 16.8. The molecule has 0 aromatic carbocycles. The fraction of sp³-hybridized carbons (Fsp3) is 0.615. The Kier molecular flexibility index (Phi) is 3.88. The molecule has 3 heterocycles. The lowest BCUT2D eigenvalue weighted by molar-refractivity contribution is 0.376. The van der Waals surface area contributed by atoms with Crippen molar-refractivity contribution in [3.05, 3.63) is 17.3 Å². The third-order valence-electron chi connectivity index (χ3n) is 4.16. The molecule has 0 amide bonds. The first kappa shape index (κ1) is 15.9. The topological polar surface area (TPSA) is 97.4 Å². The van der Waals surface area contributed by atoms with Crippen molar-refractivity contribution in [1.29, 1.82) is 0 Å². The van der Waals surface area contributed by atoms with Gasteiger partial charge in [0.25, 0.3) is 0 Å². The van der Waals surface area contributed by atoms with Crippen molar-refractivity contribution >= 4 is 16.0 Å². The number of piperazine rings is 1. The van der Waals surface area contributed by atoms with E-state index < -0.39 is 10.0 Å². The van der Waals surface area contributed by atoms with Crippen molar-refractivity contribution in [3.63, 3.8) is 0 Å². The maximum atomic E-state index is 12.8. The molecule has 0 spiro atoms. The molecule has 2 aromatic rings. The van der Waals surface area contributed by atoms with Gasteiger partial charge in [-0.25, -0.2) is 8.42 Å². The minimum absolute atomic E-state index is 0.181. The summed E-state index contributed by atoms with van der Waals surface area (Å²) in [5, 5.41) is 11.9. The van der Waals surface area contributed by atoms with Crippen molar-refractivity contribution in [1.82, 2.24) is 24.2 Å². The van der Waals surface area contributed by atoms with E-state index >= 15 is 0 Å². The van der Waals surface area contributed by atoms with Gasteiger partial charge < -0.3 is 14.0 Å². The van der Waals surface area contributed by atoms with Crippen LogP contribution in [0, 0.1) is 20.8 Å². The standard InChI is InChI=1S/C13H20N6O3S/c1-9-12(10(2)22-16-9)23(20,21)19-7-5-18(6-8-19)13-15-14-11(3)17(13)4/h5-8H2,1-4H3. The maximum absolute atomic E-state index is 12.8. The fourth-order valence-electron chi connectivity index (χ4n) is 2.77. The smallest absolute Gasteiger partial charge is 0.248 e. The molecule has 23 heavy (non-hydrogen) atoms. The van der Waals surface area contributed by atoms with Crippen LogP contribution in [0.25, 0.3) is 0 Å². The number of sulfonamides is 1. The minimum atomic E-state index is -3.58. The average molecular weight is 340 g/mol. The molecule has 0 N–H and O–H groups in total. The van der Waals surface area contributed by atoms with Crippen molar-refractivity contribution in [2.75, 3.05) is 31.1 Å². The van der Waals surface area contributed by atoms with Crippen molar-refractivity contribution < 1.29 is 12.9 Å². The lowest BCUT2D eigenvalue weighted by atomic mass is 10.4. The molecular formula is C13H20N6O3S. The molecule has 0 aliphatic carbocycles. The van der Waals surface area contributed by atoms with Crippen molar-refractivity contribution in [2.24, 2.45) is 7.05 Å². The van der Waals surface area contributed by atoms with Gasteiger partial charge in [0.2, 0.25) is 16.0 Å². The van der Waals surface area contributed by atoms with Gasteiger partial charge in [-0.05, 0) is 20.8 Å². The Balaban J connectivity index is 1.78. The van der Waals surface area contributed by atoms with Gasteiger partial charge >= 0.3 is 0 Å². The third kappa shape index (κ3) is 2.61. The molecule has 0 unspecified atom stereocenters. The van der Waals surface area contributed by atoms with E-state index in [0.29, 0.717) is 37.6 Å². The number of hydrogen-bond acceptors (Lipinski definition) is 7. The van der Waals surface area contributed by atoms with Crippen LogP contribution >= 0.6 is 0 Å². The normalized spacial score (nSPS) is 17.0. The number of aryl methyl sites for hydroxylation is 3. The number of nitrogens with zero attached hydrogens (tertiary/aromatic N) is 6. The molecular weight excluding hydrogens is 320 g/mol. The van der Waals surface area contributed by atoms with E-state index in [1.807, 2.05) is 23.4 Å². The number of anilines is 1. The summed E-state index contributed by atoms with van der Waals surface area (Å²) in [6.45, 7) is 7.04. The zero-order valence-electron chi connectivity index (χ0n) is 13.6. The number of hydrogen-bond donors (Lipinski definition) is 0. The lowest BCUT2D eigenvalue weighted by Gasteiger charge is -2.34. The third-order valence-corrected chi connectivity index (χ3v) is 6.30. The van der Waals surface area contributed by atoms with Gasteiger partial charge in [0.05, 0.1) is 0 Å². The summed E-state index contributed by atoms with van der Waals surface area (Å²) in [6.07, 6.45) is 0. The van der Waals surface area contributed by atoms with Crippen LogP contribution in [0.15, 0.2) is 9.42 Å². The Hall–Kier alpha value is -1.94. The van der Waals surface area contributed by atoms with Crippen LogP contribution in [0.2, 0.25) is 0 Å². The first-order valence-corrected chi connectivity index (χ1v) is 8.80. The van der Waals surface area contributed by atoms with E-state index in [-0.39, 0.29) is 4.90 Å². The zero-order valence-corrected chi connectivity index (χ0v) is 14.5. The van der Waals surface area contributed by atoms with Gasteiger partial charge in [-0.1, -0.05) is 5.16 Å². The highest BCUT2D eigenvalue weighted by Gasteiger charge is 2.34. The molecule has 0 bridgehead atoms. The molecule has 0 saturated carbocycles. The molecule has 9 nitrogen and oxygen atoms in total. The SMILES string of the molecule is Cc1noc(C)c1S(=O)(=O)N1CCN(c2nnc(C)n2C)CC1. The van der Waals surface area contributed by atoms with Gasteiger partial charge in [0.1, 0.15) is 16.4 Å². The maximum Gasteiger partial charge on any atom is 0.248 e. The van der Waals surface area contributed by atoms with Crippen LogP contribution in [0.1, 0.15) is 17.3 Å². The van der Waals surface area contributed by atoms with Crippen LogP contribution in [-0.4, -0.2) is 58.8 Å². The monoisotopic (exact) mass is 340 g/mol. The highest BCUT2D eigenvalue weighted by Crippen LogP contribution is 2.25. The van der Waals surface area contributed by atoms with E-state index in [4.69, 9.17) is 4.52 Å². The quantitative estimate of drug-likeness (QED) is 0.789. The van der Waals surface area contributed by atoms with Crippen molar-refractivity contribution in [2.45, 2.75) is 25.7 Å². The number of aromatic nitrogens is 4. The molecule has 1 aliphatic heterocycles. The van der Waals surface area contributed by atoms with E-state index in [9.17, 15) is 8.42 Å². The second-order valence-electron chi connectivity index (χ2n) is 5.65. The summed E-state index contributed by atoms with van der Waals surface area (Å²) >= 11 is 0. The van der Waals surface area contributed by atoms with Crippen LogP contribution in [0.5, 0.6) is 0 Å². The summed E-state index contributed by atoms with van der Waals surface area (Å²) in [7, 11) is -1.68. The molecule has 1 saturated heterocycles. The number of rotatable bonds is 3. The summed E-state index contributed by atoms with van der Waals surface area (Å²) in [5.74, 6) is 1.91. The fourth-order valence-corrected chi connectivity index (χ4v) is 4.49. The summed E-state index contributed by atoms with van der Waals surface area (Å²) in [4.78, 5) is 2.22. The summed E-state index contributed by atoms with van der Waals surface area (Å²) < 4.78 is 33.9. The summed E-state index contributed by atoms with van der Waals surface area (Å²) in [6, 6.07) is 0. The Morgan fingerprint density at radius 3 is 2.17 bits per heavy atom. The molecule has 1 fully saturated rings. The Labute approximate surface area is 134 Å². The van der Waals surface area contributed by atoms with Crippen LogP contribution in [-0.2, 0) is 17.1 Å². The first-order chi connectivity index (χ1) is 10.8. The van der Waals surface area contributed by atoms with E-state index in [1.54, 1.807) is 13.8 Å². The Morgan fingerprint density at radius 1 is 1.04 bits per heavy atom. The average Bonchev–Trinajstić information content (AvgIpc) is 3.03. The highest BCUT2D eigenvalue weighted by molar-refractivity contribution is 7.89. The van der Waals surface area contributed by atoms with E-state index in [0.717, 1.165) is 11.8 Å². The second-order valence-corrected chi connectivity index (χ2v) is 7.53. The molecule has 2 aromatic heterocycles. The largest absolute Gasteiger partial charge is 0.360 e. The van der Waals surface area contributed by atoms with Gasteiger partial charge in [-0.15, -0.1) is 10.2 Å². The van der Waals surface area contributed by atoms with E-state index in [2.05, 4.69) is 15.4 Å². The van der Waals surface area contributed by atoms with Crippen LogP contribution in [0.3, 0.4) is 0 Å². The predicted octanol–water partition coefficient (Wildman–Crippen LogP) is 0.239. The molecule has 126 valence electrons.